The van der Waals surface area contributed by atoms with E-state index in [1.807, 2.05) is 25.3 Å². The van der Waals surface area contributed by atoms with Crippen molar-refractivity contribution in [2.75, 3.05) is 5.32 Å². The number of nitrogens with one attached hydrogen (secondary N) is 1. The molecule has 2 aromatic rings. The molecule has 3 nitrogen and oxygen atoms in total. The molecular formula is C12H12ClN3. The van der Waals surface area contributed by atoms with Gasteiger partial charge in [-0.05, 0) is 30.7 Å². The van der Waals surface area contributed by atoms with Gasteiger partial charge in [-0.15, -0.1) is 0 Å². The average Bonchev–Trinajstić information content (AvgIpc) is 2.30. The number of halogens is 1. The Balaban J connectivity index is 1.97. The molecule has 0 aliphatic carbocycles. The fourth-order valence-corrected chi connectivity index (χ4v) is 1.40. The number of aromatic nitrogens is 2. The first kappa shape index (κ1) is 10.9. The van der Waals surface area contributed by atoms with Crippen LogP contribution in [0.1, 0.15) is 11.3 Å². The van der Waals surface area contributed by atoms with E-state index in [0.717, 1.165) is 23.5 Å². The van der Waals surface area contributed by atoms with E-state index >= 15 is 0 Å². The zero-order valence-corrected chi connectivity index (χ0v) is 9.70. The smallest absolute Gasteiger partial charge is 0.129 e. The molecular weight excluding hydrogens is 222 g/mol. The van der Waals surface area contributed by atoms with Crippen molar-refractivity contribution in [1.82, 2.24) is 9.97 Å². The highest BCUT2D eigenvalue weighted by molar-refractivity contribution is 6.29. The average molecular weight is 234 g/mol. The van der Waals surface area contributed by atoms with Crippen molar-refractivity contribution in [1.29, 1.82) is 0 Å². The summed E-state index contributed by atoms with van der Waals surface area (Å²) in [5.41, 5.74) is 3.11. The van der Waals surface area contributed by atoms with Crippen LogP contribution in [0.25, 0.3) is 0 Å². The maximum atomic E-state index is 5.70. The molecule has 82 valence electrons. The summed E-state index contributed by atoms with van der Waals surface area (Å²) in [7, 11) is 0. The van der Waals surface area contributed by atoms with Gasteiger partial charge in [0.1, 0.15) is 5.15 Å². The Morgan fingerprint density at radius 2 is 2.00 bits per heavy atom. The van der Waals surface area contributed by atoms with Gasteiger partial charge in [0.25, 0.3) is 0 Å². The standard InChI is InChI=1S/C12H12ClN3/c1-9-2-3-10(6-14-9)7-15-11-4-5-12(13)16-8-11/h2-6,8,15H,7H2,1H3. The highest BCUT2D eigenvalue weighted by Gasteiger charge is 1.95. The predicted molar refractivity (Wildman–Crippen MR) is 65.5 cm³/mol. The molecule has 2 rings (SSSR count). The zero-order valence-electron chi connectivity index (χ0n) is 8.94. The summed E-state index contributed by atoms with van der Waals surface area (Å²) in [4.78, 5) is 8.22. The zero-order chi connectivity index (χ0) is 11.4. The summed E-state index contributed by atoms with van der Waals surface area (Å²) in [5, 5.41) is 3.75. The molecule has 0 atom stereocenters. The monoisotopic (exact) mass is 233 g/mol. The highest BCUT2D eigenvalue weighted by atomic mass is 35.5. The molecule has 0 saturated carbocycles. The first-order valence-electron chi connectivity index (χ1n) is 5.01. The molecule has 2 aromatic heterocycles. The predicted octanol–water partition coefficient (Wildman–Crippen LogP) is 3.05. The summed E-state index contributed by atoms with van der Waals surface area (Å²) in [5.74, 6) is 0. The first-order valence-corrected chi connectivity index (χ1v) is 5.39. The van der Waals surface area contributed by atoms with Gasteiger partial charge in [-0.3, -0.25) is 4.98 Å². The Kier molecular flexibility index (Phi) is 3.37. The van der Waals surface area contributed by atoms with Crippen molar-refractivity contribution in [2.45, 2.75) is 13.5 Å². The summed E-state index contributed by atoms with van der Waals surface area (Å²) in [6, 6.07) is 7.71. The Hall–Kier alpha value is -1.61. The number of hydrogen-bond donors (Lipinski definition) is 1. The quantitative estimate of drug-likeness (QED) is 0.828. The Morgan fingerprint density at radius 3 is 2.62 bits per heavy atom. The fourth-order valence-electron chi connectivity index (χ4n) is 1.29. The number of anilines is 1. The number of rotatable bonds is 3. The molecule has 1 N–H and O–H groups in total. The maximum Gasteiger partial charge on any atom is 0.129 e. The SMILES string of the molecule is Cc1ccc(CNc2ccc(Cl)nc2)cn1. The van der Waals surface area contributed by atoms with Gasteiger partial charge in [0, 0.05) is 18.4 Å². The van der Waals surface area contributed by atoms with Crippen LogP contribution in [0.2, 0.25) is 5.15 Å². The lowest BCUT2D eigenvalue weighted by Crippen LogP contribution is -2.00. The normalized spacial score (nSPS) is 10.1. The summed E-state index contributed by atoms with van der Waals surface area (Å²) >= 11 is 5.70. The first-order chi connectivity index (χ1) is 7.74. The summed E-state index contributed by atoms with van der Waals surface area (Å²) in [6.45, 7) is 2.71. The van der Waals surface area contributed by atoms with Crippen molar-refractivity contribution in [3.63, 3.8) is 0 Å². The van der Waals surface area contributed by atoms with Gasteiger partial charge in [0.2, 0.25) is 0 Å². The minimum atomic E-state index is 0.502. The van der Waals surface area contributed by atoms with E-state index in [0.29, 0.717) is 5.15 Å². The second-order valence-electron chi connectivity index (χ2n) is 3.53. The Morgan fingerprint density at radius 1 is 1.12 bits per heavy atom. The third kappa shape index (κ3) is 2.94. The van der Waals surface area contributed by atoms with Gasteiger partial charge in [0.05, 0.1) is 11.9 Å². The van der Waals surface area contributed by atoms with Gasteiger partial charge in [-0.2, -0.15) is 0 Å². The number of hydrogen-bond acceptors (Lipinski definition) is 3. The Bertz CT molecular complexity index is 405. The number of nitrogens with zero attached hydrogens (tertiary/aromatic N) is 2. The van der Waals surface area contributed by atoms with Gasteiger partial charge in [0.15, 0.2) is 0 Å². The third-order valence-electron chi connectivity index (χ3n) is 2.20. The molecule has 0 radical (unpaired) electrons. The van der Waals surface area contributed by atoms with Crippen LogP contribution in [-0.4, -0.2) is 9.97 Å². The van der Waals surface area contributed by atoms with Crippen LogP contribution in [0.15, 0.2) is 36.7 Å². The molecule has 0 bridgehead atoms. The minimum Gasteiger partial charge on any atom is -0.380 e. The van der Waals surface area contributed by atoms with Gasteiger partial charge in [-0.1, -0.05) is 17.7 Å². The van der Waals surface area contributed by atoms with E-state index in [1.165, 1.54) is 0 Å². The second kappa shape index (κ2) is 4.94. The van der Waals surface area contributed by atoms with Crippen LogP contribution < -0.4 is 5.32 Å². The van der Waals surface area contributed by atoms with E-state index < -0.39 is 0 Å². The Labute approximate surface area is 99.5 Å². The van der Waals surface area contributed by atoms with E-state index in [9.17, 15) is 0 Å². The molecule has 0 saturated heterocycles. The van der Waals surface area contributed by atoms with Crippen LogP contribution in [0, 0.1) is 6.92 Å². The van der Waals surface area contributed by atoms with Gasteiger partial charge in [-0.25, -0.2) is 4.98 Å². The molecule has 0 fully saturated rings. The van der Waals surface area contributed by atoms with Crippen LogP contribution in [0.3, 0.4) is 0 Å². The van der Waals surface area contributed by atoms with Gasteiger partial charge < -0.3 is 5.32 Å². The molecule has 0 aliphatic heterocycles. The number of aryl methyl sites for hydroxylation is 1. The van der Waals surface area contributed by atoms with Crippen LogP contribution in [-0.2, 0) is 6.54 Å². The lowest BCUT2D eigenvalue weighted by Gasteiger charge is -2.05. The molecule has 4 heteroatoms. The van der Waals surface area contributed by atoms with Crippen LogP contribution in [0.5, 0.6) is 0 Å². The molecule has 2 heterocycles. The molecule has 0 aliphatic rings. The van der Waals surface area contributed by atoms with E-state index in [-0.39, 0.29) is 0 Å². The summed E-state index contributed by atoms with van der Waals surface area (Å²) < 4.78 is 0. The second-order valence-corrected chi connectivity index (χ2v) is 3.92. The lowest BCUT2D eigenvalue weighted by molar-refractivity contribution is 1.08. The third-order valence-corrected chi connectivity index (χ3v) is 2.42. The van der Waals surface area contributed by atoms with Crippen LogP contribution >= 0.6 is 11.6 Å². The molecule has 16 heavy (non-hydrogen) atoms. The molecule has 0 unspecified atom stereocenters. The lowest BCUT2D eigenvalue weighted by atomic mass is 10.2. The topological polar surface area (TPSA) is 37.8 Å². The molecule has 0 amide bonds. The number of pyridine rings is 2. The van der Waals surface area contributed by atoms with E-state index in [1.54, 1.807) is 12.3 Å². The molecule has 0 spiro atoms. The van der Waals surface area contributed by atoms with Crippen molar-refractivity contribution in [3.05, 3.63) is 53.1 Å². The highest BCUT2D eigenvalue weighted by Crippen LogP contribution is 2.11. The summed E-state index contributed by atoms with van der Waals surface area (Å²) in [6.07, 6.45) is 3.58. The minimum absolute atomic E-state index is 0.502. The largest absolute Gasteiger partial charge is 0.380 e. The van der Waals surface area contributed by atoms with Crippen molar-refractivity contribution >= 4 is 17.3 Å². The van der Waals surface area contributed by atoms with E-state index in [2.05, 4.69) is 21.4 Å². The van der Waals surface area contributed by atoms with Crippen molar-refractivity contribution in [3.8, 4) is 0 Å². The van der Waals surface area contributed by atoms with Crippen molar-refractivity contribution < 1.29 is 0 Å². The van der Waals surface area contributed by atoms with Crippen molar-refractivity contribution in [2.24, 2.45) is 0 Å². The fraction of sp³-hybridized carbons (Fsp3) is 0.167. The van der Waals surface area contributed by atoms with Crippen LogP contribution in [0.4, 0.5) is 5.69 Å². The maximum absolute atomic E-state index is 5.70. The van der Waals surface area contributed by atoms with E-state index in [4.69, 9.17) is 11.6 Å². The molecule has 0 aromatic carbocycles. The van der Waals surface area contributed by atoms with Gasteiger partial charge >= 0.3 is 0 Å².